The van der Waals surface area contributed by atoms with E-state index < -0.39 is 6.10 Å². The van der Waals surface area contributed by atoms with E-state index in [1.165, 1.54) is 25.7 Å². The molecule has 2 aliphatic rings. The quantitative estimate of drug-likeness (QED) is 0.819. The fourth-order valence-corrected chi connectivity index (χ4v) is 4.15. The Bertz CT molecular complexity index is 584. The number of benzene rings is 1. The van der Waals surface area contributed by atoms with Crippen LogP contribution in [0.5, 0.6) is 5.75 Å². The average molecular weight is 360 g/mol. The molecule has 1 N–H and O–H groups in total. The number of hydrogen-bond acceptors (Lipinski definition) is 4. The summed E-state index contributed by atoms with van der Waals surface area (Å²) in [5.41, 5.74) is 1.05. The third-order valence-corrected chi connectivity index (χ3v) is 5.57. The number of nitrogens with zero attached hydrogens (tertiary/aromatic N) is 1. The first-order valence-corrected chi connectivity index (χ1v) is 10.00. The van der Waals surface area contributed by atoms with E-state index in [4.69, 9.17) is 9.47 Å². The smallest absolute Gasteiger partial charge is 0.252 e. The number of rotatable bonds is 5. The number of para-hydroxylation sites is 1. The lowest BCUT2D eigenvalue weighted by molar-refractivity contribution is -0.150. The van der Waals surface area contributed by atoms with E-state index in [1.54, 1.807) is 7.11 Å². The van der Waals surface area contributed by atoms with Crippen LogP contribution in [0.25, 0.3) is 0 Å². The molecule has 0 aromatic heterocycles. The Morgan fingerprint density at radius 2 is 1.92 bits per heavy atom. The molecule has 5 nitrogen and oxygen atoms in total. The van der Waals surface area contributed by atoms with E-state index in [-0.39, 0.29) is 18.1 Å². The van der Waals surface area contributed by atoms with E-state index in [9.17, 15) is 4.79 Å². The molecule has 0 radical (unpaired) electrons. The summed E-state index contributed by atoms with van der Waals surface area (Å²) in [4.78, 5) is 15.1. The van der Waals surface area contributed by atoms with Gasteiger partial charge in [0.1, 0.15) is 11.9 Å². The molecule has 1 saturated carbocycles. The third-order valence-electron chi connectivity index (χ3n) is 5.57. The highest BCUT2D eigenvalue weighted by Gasteiger charge is 2.33. The molecular formula is C21H32N2O3. The van der Waals surface area contributed by atoms with Gasteiger partial charge in [-0.2, -0.15) is 0 Å². The first-order valence-electron chi connectivity index (χ1n) is 10.00. The summed E-state index contributed by atoms with van der Waals surface area (Å²) < 4.78 is 11.7. The molecule has 1 aromatic rings. The normalized spacial score (nSPS) is 23.3. The number of nitrogens with one attached hydrogen (secondary N) is 1. The van der Waals surface area contributed by atoms with Gasteiger partial charge in [0.25, 0.3) is 5.91 Å². The maximum absolute atomic E-state index is 13.2. The summed E-state index contributed by atoms with van der Waals surface area (Å²) in [6, 6.07) is 7.95. The molecule has 0 spiro atoms. The fraction of sp³-hybridized carbons (Fsp3) is 0.667. The van der Waals surface area contributed by atoms with Gasteiger partial charge in [0.05, 0.1) is 19.3 Å². The maximum Gasteiger partial charge on any atom is 0.252 e. The minimum absolute atomic E-state index is 0.0208. The molecule has 1 amide bonds. The van der Waals surface area contributed by atoms with E-state index in [0.29, 0.717) is 6.54 Å². The first kappa shape index (κ1) is 19.2. The lowest BCUT2D eigenvalue weighted by Gasteiger charge is -2.38. The number of hydrogen-bond donors (Lipinski definition) is 1. The molecular weight excluding hydrogens is 328 g/mol. The van der Waals surface area contributed by atoms with Crippen molar-refractivity contribution in [2.24, 2.45) is 0 Å². The van der Waals surface area contributed by atoms with Crippen molar-refractivity contribution in [3.05, 3.63) is 29.8 Å². The third kappa shape index (κ3) is 4.57. The predicted molar refractivity (Wildman–Crippen MR) is 102 cm³/mol. The van der Waals surface area contributed by atoms with Gasteiger partial charge in [0.15, 0.2) is 0 Å². The highest BCUT2D eigenvalue weighted by Crippen LogP contribution is 2.31. The van der Waals surface area contributed by atoms with Crippen molar-refractivity contribution in [2.75, 3.05) is 26.7 Å². The van der Waals surface area contributed by atoms with Gasteiger partial charge in [-0.1, -0.05) is 43.9 Å². The van der Waals surface area contributed by atoms with E-state index >= 15 is 0 Å². The molecule has 2 atom stereocenters. The summed E-state index contributed by atoms with van der Waals surface area (Å²) in [5, 5.41) is 3.41. The number of carbonyl (C=O) groups is 1. The standard InChI is InChI=1S/C21H32N2O3/c1-16(26-17-9-5-3-4-6-10-17)21(24)23-14-13-22-15-19(23)18-11-7-8-12-20(18)25-2/h7-8,11-12,16-17,19,22H,3-6,9-10,13-15H2,1-2H3. The summed E-state index contributed by atoms with van der Waals surface area (Å²) in [7, 11) is 1.68. The lowest BCUT2D eigenvalue weighted by atomic mass is 10.0. The summed E-state index contributed by atoms with van der Waals surface area (Å²) >= 11 is 0. The van der Waals surface area contributed by atoms with Crippen molar-refractivity contribution < 1.29 is 14.3 Å². The monoisotopic (exact) mass is 360 g/mol. The van der Waals surface area contributed by atoms with Gasteiger partial charge in [-0.15, -0.1) is 0 Å². The van der Waals surface area contributed by atoms with Crippen LogP contribution < -0.4 is 10.1 Å². The zero-order valence-electron chi connectivity index (χ0n) is 16.1. The van der Waals surface area contributed by atoms with Crippen molar-refractivity contribution in [1.82, 2.24) is 10.2 Å². The molecule has 1 aromatic carbocycles. The van der Waals surface area contributed by atoms with Crippen LogP contribution in [0.4, 0.5) is 0 Å². The van der Waals surface area contributed by atoms with Crippen LogP contribution in [-0.2, 0) is 9.53 Å². The molecule has 0 bridgehead atoms. The highest BCUT2D eigenvalue weighted by molar-refractivity contribution is 5.81. The molecule has 2 unspecified atom stereocenters. The Morgan fingerprint density at radius 3 is 2.65 bits per heavy atom. The maximum atomic E-state index is 13.2. The van der Waals surface area contributed by atoms with Crippen molar-refractivity contribution in [1.29, 1.82) is 0 Å². The van der Waals surface area contributed by atoms with Crippen LogP contribution in [0.15, 0.2) is 24.3 Å². The minimum Gasteiger partial charge on any atom is -0.496 e. The number of amides is 1. The van der Waals surface area contributed by atoms with Crippen molar-refractivity contribution >= 4 is 5.91 Å². The van der Waals surface area contributed by atoms with Crippen LogP contribution >= 0.6 is 0 Å². The molecule has 1 heterocycles. The van der Waals surface area contributed by atoms with Gasteiger partial charge in [-0.3, -0.25) is 4.79 Å². The topological polar surface area (TPSA) is 50.8 Å². The number of piperazine rings is 1. The zero-order chi connectivity index (χ0) is 18.4. The molecule has 5 heteroatoms. The van der Waals surface area contributed by atoms with Crippen molar-refractivity contribution in [2.45, 2.75) is 63.7 Å². The van der Waals surface area contributed by atoms with Crippen LogP contribution in [0.2, 0.25) is 0 Å². The van der Waals surface area contributed by atoms with E-state index in [0.717, 1.165) is 37.2 Å². The number of carbonyl (C=O) groups excluding carboxylic acids is 1. The van der Waals surface area contributed by atoms with Gasteiger partial charge in [-0.05, 0) is 25.8 Å². The van der Waals surface area contributed by atoms with Gasteiger partial charge >= 0.3 is 0 Å². The van der Waals surface area contributed by atoms with E-state index in [1.807, 2.05) is 36.1 Å². The molecule has 26 heavy (non-hydrogen) atoms. The zero-order valence-corrected chi connectivity index (χ0v) is 16.1. The van der Waals surface area contributed by atoms with Gasteiger partial charge in [0, 0.05) is 25.2 Å². The van der Waals surface area contributed by atoms with Crippen molar-refractivity contribution in [3.8, 4) is 5.75 Å². The number of methoxy groups -OCH3 is 1. The molecule has 1 saturated heterocycles. The molecule has 2 fully saturated rings. The largest absolute Gasteiger partial charge is 0.496 e. The molecule has 3 rings (SSSR count). The Kier molecular flexibility index (Phi) is 6.92. The molecule has 144 valence electrons. The van der Waals surface area contributed by atoms with Gasteiger partial charge < -0.3 is 19.7 Å². The van der Waals surface area contributed by atoms with E-state index in [2.05, 4.69) is 5.32 Å². The van der Waals surface area contributed by atoms with Crippen LogP contribution in [0.3, 0.4) is 0 Å². The summed E-state index contributed by atoms with van der Waals surface area (Å²) in [6.07, 6.45) is 6.99. The molecule has 1 aliphatic heterocycles. The minimum atomic E-state index is -0.395. The van der Waals surface area contributed by atoms with Gasteiger partial charge in [0.2, 0.25) is 0 Å². The van der Waals surface area contributed by atoms with Gasteiger partial charge in [-0.25, -0.2) is 0 Å². The Labute approximate surface area is 157 Å². The highest BCUT2D eigenvalue weighted by atomic mass is 16.5. The fourth-order valence-electron chi connectivity index (χ4n) is 4.15. The average Bonchev–Trinajstić information content (AvgIpc) is 2.96. The van der Waals surface area contributed by atoms with Crippen LogP contribution in [0.1, 0.15) is 57.1 Å². The van der Waals surface area contributed by atoms with Crippen LogP contribution in [-0.4, -0.2) is 49.8 Å². The predicted octanol–water partition coefficient (Wildman–Crippen LogP) is 3.30. The van der Waals surface area contributed by atoms with Crippen LogP contribution in [0, 0.1) is 0 Å². The number of ether oxygens (including phenoxy) is 2. The summed E-state index contributed by atoms with van der Waals surface area (Å²) in [6.45, 7) is 4.16. The Morgan fingerprint density at radius 1 is 1.19 bits per heavy atom. The second-order valence-electron chi connectivity index (χ2n) is 7.39. The SMILES string of the molecule is COc1ccccc1C1CNCCN1C(=O)C(C)OC1CCCCCC1. The van der Waals surface area contributed by atoms with Crippen molar-refractivity contribution in [3.63, 3.8) is 0 Å². The second kappa shape index (κ2) is 9.38. The Balaban J connectivity index is 1.71. The first-order chi connectivity index (χ1) is 12.7. The summed E-state index contributed by atoms with van der Waals surface area (Å²) in [5.74, 6) is 0.919. The second-order valence-corrected chi connectivity index (χ2v) is 7.39. The Hall–Kier alpha value is -1.59. The molecule has 1 aliphatic carbocycles. The lowest BCUT2D eigenvalue weighted by Crippen LogP contribution is -2.52.